The van der Waals surface area contributed by atoms with Crippen LogP contribution in [0.5, 0.6) is 5.75 Å². The van der Waals surface area contributed by atoms with Crippen molar-refractivity contribution in [3.8, 4) is 5.75 Å². The van der Waals surface area contributed by atoms with Crippen LogP contribution in [0.1, 0.15) is 42.1 Å². The Kier molecular flexibility index (Phi) is 4.37. The fourth-order valence-electron chi connectivity index (χ4n) is 2.49. The van der Waals surface area contributed by atoms with Gasteiger partial charge < -0.3 is 14.5 Å². The van der Waals surface area contributed by atoms with Gasteiger partial charge >= 0.3 is 0 Å². The van der Waals surface area contributed by atoms with Crippen LogP contribution in [0.3, 0.4) is 0 Å². The van der Waals surface area contributed by atoms with Gasteiger partial charge in [-0.3, -0.25) is 4.79 Å². The number of amides is 1. The smallest absolute Gasteiger partial charge is 0.273 e. The molecule has 5 nitrogen and oxygen atoms in total. The molecular weight excluding hydrogens is 287 g/mol. The van der Waals surface area contributed by atoms with Crippen molar-refractivity contribution < 1.29 is 18.3 Å². The number of ether oxygens (including phenoxy) is 1. The van der Waals surface area contributed by atoms with E-state index in [0.29, 0.717) is 11.6 Å². The third-order valence-electron chi connectivity index (χ3n) is 3.65. The van der Waals surface area contributed by atoms with Crippen molar-refractivity contribution >= 4 is 5.91 Å². The van der Waals surface area contributed by atoms with Crippen molar-refractivity contribution in [3.63, 3.8) is 0 Å². The zero-order valence-electron chi connectivity index (χ0n) is 12.0. The molecule has 1 heterocycles. The van der Waals surface area contributed by atoms with Crippen molar-refractivity contribution in [2.45, 2.75) is 38.3 Å². The van der Waals surface area contributed by atoms with Crippen LogP contribution in [0.4, 0.5) is 4.39 Å². The largest absolute Gasteiger partial charge is 0.484 e. The molecule has 3 rings (SSSR count). The number of hydrogen-bond acceptors (Lipinski definition) is 4. The SMILES string of the molecule is O=C(NC1CCCC1)c1coc(COc2ccc(F)cc2)n1. The molecule has 1 amide bonds. The Morgan fingerprint density at radius 2 is 2.05 bits per heavy atom. The van der Waals surface area contributed by atoms with E-state index in [1.807, 2.05) is 0 Å². The Morgan fingerprint density at radius 1 is 1.32 bits per heavy atom. The van der Waals surface area contributed by atoms with Crippen LogP contribution in [0.15, 0.2) is 34.9 Å². The van der Waals surface area contributed by atoms with E-state index in [0.717, 1.165) is 25.7 Å². The van der Waals surface area contributed by atoms with Crippen LogP contribution < -0.4 is 10.1 Å². The van der Waals surface area contributed by atoms with Gasteiger partial charge in [0.05, 0.1) is 0 Å². The van der Waals surface area contributed by atoms with Crippen LogP contribution >= 0.6 is 0 Å². The minimum atomic E-state index is -0.325. The summed E-state index contributed by atoms with van der Waals surface area (Å²) in [6.07, 6.45) is 5.67. The molecular formula is C16H17FN2O3. The quantitative estimate of drug-likeness (QED) is 0.922. The third-order valence-corrected chi connectivity index (χ3v) is 3.65. The van der Waals surface area contributed by atoms with Gasteiger partial charge in [-0.25, -0.2) is 9.37 Å². The van der Waals surface area contributed by atoms with Crippen LogP contribution in [0.2, 0.25) is 0 Å². The zero-order valence-corrected chi connectivity index (χ0v) is 12.0. The first kappa shape index (κ1) is 14.6. The van der Waals surface area contributed by atoms with E-state index in [1.165, 1.54) is 30.5 Å². The maximum Gasteiger partial charge on any atom is 0.273 e. The summed E-state index contributed by atoms with van der Waals surface area (Å²) in [7, 11) is 0. The molecule has 0 spiro atoms. The number of carbonyl (C=O) groups excluding carboxylic acids is 1. The normalized spacial score (nSPS) is 15.0. The predicted octanol–water partition coefficient (Wildman–Crippen LogP) is 3.07. The molecule has 1 N–H and O–H groups in total. The molecule has 0 bridgehead atoms. The second-order valence-corrected chi connectivity index (χ2v) is 5.32. The second-order valence-electron chi connectivity index (χ2n) is 5.32. The van der Waals surface area contributed by atoms with Crippen molar-refractivity contribution in [3.05, 3.63) is 47.9 Å². The highest BCUT2D eigenvalue weighted by atomic mass is 19.1. The molecule has 22 heavy (non-hydrogen) atoms. The summed E-state index contributed by atoms with van der Waals surface area (Å²) in [5.74, 6) is 0.274. The molecule has 2 aromatic rings. The minimum Gasteiger partial charge on any atom is -0.484 e. The summed E-state index contributed by atoms with van der Waals surface area (Å²) in [6, 6.07) is 5.90. The van der Waals surface area contributed by atoms with E-state index in [9.17, 15) is 9.18 Å². The van der Waals surface area contributed by atoms with E-state index in [1.54, 1.807) is 0 Å². The van der Waals surface area contributed by atoms with E-state index >= 15 is 0 Å². The number of halogens is 1. The average molecular weight is 304 g/mol. The lowest BCUT2D eigenvalue weighted by molar-refractivity contribution is 0.0932. The number of rotatable bonds is 5. The predicted molar refractivity (Wildman–Crippen MR) is 77.0 cm³/mol. The molecule has 0 unspecified atom stereocenters. The Labute approximate surface area is 127 Å². The van der Waals surface area contributed by atoms with Crippen LogP contribution in [0, 0.1) is 5.82 Å². The van der Waals surface area contributed by atoms with Crippen molar-refractivity contribution in [2.24, 2.45) is 0 Å². The molecule has 0 radical (unpaired) electrons. The van der Waals surface area contributed by atoms with Crippen molar-refractivity contribution in [2.75, 3.05) is 0 Å². The average Bonchev–Trinajstić information content (AvgIpc) is 3.18. The number of benzene rings is 1. The number of carbonyl (C=O) groups is 1. The zero-order chi connectivity index (χ0) is 15.4. The highest BCUT2D eigenvalue weighted by Crippen LogP contribution is 2.18. The van der Waals surface area contributed by atoms with Gasteiger partial charge in [0.15, 0.2) is 12.3 Å². The highest BCUT2D eigenvalue weighted by molar-refractivity contribution is 5.92. The molecule has 0 aliphatic heterocycles. The van der Waals surface area contributed by atoms with Gasteiger partial charge in [-0.1, -0.05) is 12.8 Å². The summed E-state index contributed by atoms with van der Waals surface area (Å²) in [4.78, 5) is 16.1. The molecule has 1 aromatic carbocycles. The molecule has 0 atom stereocenters. The summed E-state index contributed by atoms with van der Waals surface area (Å²) in [6.45, 7) is 0.0857. The first-order valence-corrected chi connectivity index (χ1v) is 7.34. The summed E-state index contributed by atoms with van der Waals surface area (Å²) < 4.78 is 23.4. The molecule has 1 aliphatic carbocycles. The van der Waals surface area contributed by atoms with Gasteiger partial charge in [-0.05, 0) is 37.1 Å². The number of oxazole rings is 1. The van der Waals surface area contributed by atoms with Gasteiger partial charge in [0.2, 0.25) is 5.89 Å². The van der Waals surface area contributed by atoms with Gasteiger partial charge in [0, 0.05) is 6.04 Å². The first-order valence-electron chi connectivity index (χ1n) is 7.34. The van der Waals surface area contributed by atoms with Crippen molar-refractivity contribution in [1.29, 1.82) is 0 Å². The van der Waals surface area contributed by atoms with E-state index in [2.05, 4.69) is 10.3 Å². The molecule has 0 saturated heterocycles. The molecule has 1 saturated carbocycles. The molecule has 1 fully saturated rings. The Bertz CT molecular complexity index is 633. The monoisotopic (exact) mass is 304 g/mol. The topological polar surface area (TPSA) is 64.4 Å². The summed E-state index contributed by atoms with van der Waals surface area (Å²) in [5.41, 5.74) is 0.254. The van der Waals surface area contributed by atoms with Gasteiger partial charge in [-0.2, -0.15) is 0 Å². The highest BCUT2D eigenvalue weighted by Gasteiger charge is 2.20. The Morgan fingerprint density at radius 3 is 2.77 bits per heavy atom. The van der Waals surface area contributed by atoms with Gasteiger partial charge in [0.1, 0.15) is 17.8 Å². The second kappa shape index (κ2) is 6.60. The minimum absolute atomic E-state index is 0.0857. The van der Waals surface area contributed by atoms with Gasteiger partial charge in [0.25, 0.3) is 5.91 Å². The lowest BCUT2D eigenvalue weighted by atomic mass is 10.2. The number of nitrogens with one attached hydrogen (secondary N) is 1. The number of aromatic nitrogens is 1. The summed E-state index contributed by atoms with van der Waals surface area (Å²) in [5, 5.41) is 2.94. The maximum absolute atomic E-state index is 12.8. The molecule has 116 valence electrons. The Balaban J connectivity index is 1.54. The van der Waals surface area contributed by atoms with Crippen LogP contribution in [-0.2, 0) is 6.61 Å². The van der Waals surface area contributed by atoms with Crippen molar-refractivity contribution in [1.82, 2.24) is 10.3 Å². The van der Waals surface area contributed by atoms with Crippen LogP contribution in [-0.4, -0.2) is 16.9 Å². The number of hydrogen-bond donors (Lipinski definition) is 1. The summed E-state index contributed by atoms with van der Waals surface area (Å²) >= 11 is 0. The lowest BCUT2D eigenvalue weighted by Crippen LogP contribution is -2.32. The molecule has 6 heteroatoms. The fraction of sp³-hybridized carbons (Fsp3) is 0.375. The van der Waals surface area contributed by atoms with E-state index < -0.39 is 0 Å². The fourth-order valence-corrected chi connectivity index (χ4v) is 2.49. The Hall–Kier alpha value is -2.37. The molecule has 1 aliphatic rings. The van der Waals surface area contributed by atoms with Gasteiger partial charge in [-0.15, -0.1) is 0 Å². The third kappa shape index (κ3) is 3.63. The molecule has 1 aromatic heterocycles. The van der Waals surface area contributed by atoms with E-state index in [4.69, 9.17) is 9.15 Å². The van der Waals surface area contributed by atoms with Crippen LogP contribution in [0.25, 0.3) is 0 Å². The van der Waals surface area contributed by atoms with E-state index in [-0.39, 0.29) is 30.1 Å². The maximum atomic E-state index is 12.8. The first-order chi connectivity index (χ1) is 10.7. The standard InChI is InChI=1S/C16H17FN2O3/c17-11-5-7-13(8-6-11)21-10-15-19-14(9-22-15)16(20)18-12-3-1-2-4-12/h5-9,12H,1-4,10H2,(H,18,20). The number of nitrogens with zero attached hydrogens (tertiary/aromatic N) is 1. The lowest BCUT2D eigenvalue weighted by Gasteiger charge is -2.09.